The first kappa shape index (κ1) is 23.5. The summed E-state index contributed by atoms with van der Waals surface area (Å²) in [5.41, 5.74) is 2.43. The predicted octanol–water partition coefficient (Wildman–Crippen LogP) is 3.69. The molecule has 1 heterocycles. The van der Waals surface area contributed by atoms with Gasteiger partial charge in [-0.3, -0.25) is 9.59 Å². The summed E-state index contributed by atoms with van der Waals surface area (Å²) in [6, 6.07) is 8.42. The Morgan fingerprint density at radius 2 is 2.14 bits per heavy atom. The second-order valence-corrected chi connectivity index (χ2v) is 8.75. The Bertz CT molecular complexity index is 691. The summed E-state index contributed by atoms with van der Waals surface area (Å²) in [6.07, 6.45) is 8.16. The number of carboxylic acid groups (broad SMARTS) is 1. The average molecular weight is 420 g/mol. The molecule has 6 heteroatoms. The van der Waals surface area contributed by atoms with Gasteiger partial charge in [-0.05, 0) is 36.1 Å². The number of benzene rings is 1. The number of carbonyl (C=O) groups is 2. The zero-order chi connectivity index (χ0) is 21.1. The van der Waals surface area contributed by atoms with Crippen molar-refractivity contribution in [3.63, 3.8) is 0 Å². The minimum absolute atomic E-state index is 0.0446. The number of hydrogen-bond acceptors (Lipinski definition) is 4. The molecule has 29 heavy (non-hydrogen) atoms. The lowest BCUT2D eigenvalue weighted by molar-refractivity contribution is -0.137. The Balaban J connectivity index is 1.79. The van der Waals surface area contributed by atoms with Gasteiger partial charge in [-0.15, -0.1) is 0 Å². The number of thioether (sulfide) groups is 1. The third-order valence-corrected chi connectivity index (χ3v) is 6.11. The number of aliphatic hydroxyl groups is 1. The fraction of sp³-hybridized carbons (Fsp3) is 0.565. The molecule has 1 amide bonds. The molecule has 1 aliphatic rings. The average Bonchev–Trinajstić information content (AvgIpc) is 3.03. The summed E-state index contributed by atoms with van der Waals surface area (Å²) in [4.78, 5) is 24.6. The van der Waals surface area contributed by atoms with Crippen molar-refractivity contribution < 1.29 is 19.8 Å². The highest BCUT2D eigenvalue weighted by Crippen LogP contribution is 2.21. The van der Waals surface area contributed by atoms with Crippen molar-refractivity contribution in [2.75, 3.05) is 18.1 Å². The summed E-state index contributed by atoms with van der Waals surface area (Å²) < 4.78 is 0. The number of amides is 1. The van der Waals surface area contributed by atoms with E-state index in [0.717, 1.165) is 36.3 Å². The van der Waals surface area contributed by atoms with Crippen LogP contribution in [0.4, 0.5) is 0 Å². The van der Waals surface area contributed by atoms with Crippen molar-refractivity contribution in [1.29, 1.82) is 0 Å². The van der Waals surface area contributed by atoms with Crippen LogP contribution in [0.25, 0.3) is 0 Å². The lowest BCUT2D eigenvalue weighted by Crippen LogP contribution is -2.34. The second kappa shape index (κ2) is 12.7. The number of aliphatic carboxylic acids is 1. The van der Waals surface area contributed by atoms with Crippen LogP contribution in [0, 0.1) is 0 Å². The van der Waals surface area contributed by atoms with Crippen molar-refractivity contribution >= 4 is 23.6 Å². The Kier molecular flexibility index (Phi) is 10.3. The number of hydrogen-bond donors (Lipinski definition) is 2. The molecule has 2 rings (SSSR count). The van der Waals surface area contributed by atoms with E-state index in [0.29, 0.717) is 25.8 Å². The molecule has 0 aromatic heterocycles. The predicted molar refractivity (Wildman–Crippen MR) is 118 cm³/mol. The molecule has 0 radical (unpaired) electrons. The maximum atomic E-state index is 12.2. The standard InChI is InChI=1S/C23H33NO4S/c1-2-5-18-6-3-7-19(16-18)17-21(25)11-9-20-10-12-22(26)24(20)13-15-29-14-4-8-23(27)28/h3,6-7,9,11,16,20-21,25H,2,4-5,8,10,12-15,17H2,1H3,(H,27,28)/t20-,21+/m0/s1. The normalized spacial score (nSPS) is 17.9. The van der Waals surface area contributed by atoms with Crippen LogP contribution in [0.3, 0.4) is 0 Å². The number of carbonyl (C=O) groups excluding carboxylic acids is 1. The minimum atomic E-state index is -0.763. The van der Waals surface area contributed by atoms with E-state index in [4.69, 9.17) is 5.11 Å². The summed E-state index contributed by atoms with van der Waals surface area (Å²) in [7, 11) is 0. The van der Waals surface area contributed by atoms with E-state index in [1.165, 1.54) is 5.56 Å². The Hall–Kier alpha value is -1.79. The molecule has 5 nitrogen and oxygen atoms in total. The van der Waals surface area contributed by atoms with Crippen molar-refractivity contribution in [3.05, 3.63) is 47.5 Å². The third kappa shape index (κ3) is 8.62. The molecule has 160 valence electrons. The van der Waals surface area contributed by atoms with Crippen LogP contribution < -0.4 is 0 Å². The van der Waals surface area contributed by atoms with Crippen LogP contribution in [0.2, 0.25) is 0 Å². The first-order valence-electron chi connectivity index (χ1n) is 10.5. The van der Waals surface area contributed by atoms with Gasteiger partial charge >= 0.3 is 5.97 Å². The molecular formula is C23H33NO4S. The van der Waals surface area contributed by atoms with Gasteiger partial charge in [0.2, 0.25) is 5.91 Å². The molecule has 1 aromatic rings. The van der Waals surface area contributed by atoms with Gasteiger partial charge in [0.25, 0.3) is 0 Å². The second-order valence-electron chi connectivity index (χ2n) is 7.53. The number of aryl methyl sites for hydroxylation is 1. The van der Waals surface area contributed by atoms with E-state index in [1.54, 1.807) is 11.8 Å². The van der Waals surface area contributed by atoms with Crippen molar-refractivity contribution in [2.24, 2.45) is 0 Å². The molecule has 1 aliphatic heterocycles. The summed E-state index contributed by atoms with van der Waals surface area (Å²) >= 11 is 1.69. The Labute approximate surface area is 178 Å². The molecule has 0 unspecified atom stereocenters. The largest absolute Gasteiger partial charge is 0.481 e. The van der Waals surface area contributed by atoms with Crippen LogP contribution in [-0.4, -0.2) is 57.2 Å². The van der Waals surface area contributed by atoms with Gasteiger partial charge in [-0.1, -0.05) is 49.8 Å². The van der Waals surface area contributed by atoms with Crippen molar-refractivity contribution in [1.82, 2.24) is 4.90 Å². The van der Waals surface area contributed by atoms with Crippen LogP contribution in [0.15, 0.2) is 36.4 Å². The van der Waals surface area contributed by atoms with Crippen LogP contribution >= 0.6 is 11.8 Å². The third-order valence-electron chi connectivity index (χ3n) is 5.06. The first-order chi connectivity index (χ1) is 14.0. The van der Waals surface area contributed by atoms with Gasteiger partial charge < -0.3 is 15.1 Å². The number of rotatable bonds is 13. The van der Waals surface area contributed by atoms with E-state index >= 15 is 0 Å². The fourth-order valence-corrected chi connectivity index (χ4v) is 4.48. The van der Waals surface area contributed by atoms with Gasteiger partial charge in [0, 0.05) is 31.6 Å². The number of aliphatic hydroxyl groups excluding tert-OH is 1. The molecule has 1 aromatic carbocycles. The van der Waals surface area contributed by atoms with Crippen LogP contribution in [0.1, 0.15) is 50.2 Å². The van der Waals surface area contributed by atoms with Gasteiger partial charge in [-0.25, -0.2) is 0 Å². The zero-order valence-electron chi connectivity index (χ0n) is 17.3. The molecule has 1 saturated heterocycles. The number of carboxylic acids is 1. The Morgan fingerprint density at radius 1 is 1.34 bits per heavy atom. The summed E-state index contributed by atoms with van der Waals surface area (Å²) in [6.45, 7) is 2.83. The smallest absolute Gasteiger partial charge is 0.303 e. The van der Waals surface area contributed by atoms with Gasteiger partial charge in [0.05, 0.1) is 12.1 Å². The van der Waals surface area contributed by atoms with Crippen LogP contribution in [0.5, 0.6) is 0 Å². The lowest BCUT2D eigenvalue weighted by Gasteiger charge is -2.22. The molecule has 1 fully saturated rings. The Morgan fingerprint density at radius 3 is 2.90 bits per heavy atom. The topological polar surface area (TPSA) is 77.8 Å². The van der Waals surface area contributed by atoms with Gasteiger partial charge in [0.15, 0.2) is 0 Å². The zero-order valence-corrected chi connectivity index (χ0v) is 18.1. The van der Waals surface area contributed by atoms with E-state index < -0.39 is 12.1 Å². The maximum Gasteiger partial charge on any atom is 0.303 e. The molecule has 0 saturated carbocycles. The first-order valence-corrected chi connectivity index (χ1v) is 11.7. The monoisotopic (exact) mass is 419 g/mol. The molecule has 0 bridgehead atoms. The number of likely N-dealkylation sites (tertiary alicyclic amines) is 1. The molecular weight excluding hydrogens is 386 g/mol. The van der Waals surface area contributed by atoms with Crippen molar-refractivity contribution in [2.45, 2.75) is 64.0 Å². The van der Waals surface area contributed by atoms with Crippen LogP contribution in [-0.2, 0) is 22.4 Å². The van der Waals surface area contributed by atoms with E-state index in [2.05, 4.69) is 19.1 Å². The SMILES string of the molecule is CCCc1cccc(C[C@H](O)C=C[C@H]2CCC(=O)N2CCSCCCC(=O)O)c1. The fourth-order valence-electron chi connectivity index (χ4n) is 3.60. The summed E-state index contributed by atoms with van der Waals surface area (Å²) in [5, 5.41) is 19.1. The molecule has 0 aliphatic carbocycles. The molecule has 2 atom stereocenters. The van der Waals surface area contributed by atoms with E-state index in [9.17, 15) is 14.7 Å². The minimum Gasteiger partial charge on any atom is -0.481 e. The van der Waals surface area contributed by atoms with Crippen molar-refractivity contribution in [3.8, 4) is 0 Å². The quantitative estimate of drug-likeness (QED) is 0.377. The summed E-state index contributed by atoms with van der Waals surface area (Å²) in [5.74, 6) is 1.00. The van der Waals surface area contributed by atoms with E-state index in [1.807, 2.05) is 29.2 Å². The van der Waals surface area contributed by atoms with Gasteiger partial charge in [-0.2, -0.15) is 11.8 Å². The van der Waals surface area contributed by atoms with Gasteiger partial charge in [0.1, 0.15) is 0 Å². The maximum absolute atomic E-state index is 12.2. The molecule has 0 spiro atoms. The number of nitrogens with zero attached hydrogens (tertiary/aromatic N) is 1. The highest BCUT2D eigenvalue weighted by Gasteiger charge is 2.28. The molecule has 2 N–H and O–H groups in total. The highest BCUT2D eigenvalue weighted by atomic mass is 32.2. The lowest BCUT2D eigenvalue weighted by atomic mass is 10.0. The highest BCUT2D eigenvalue weighted by molar-refractivity contribution is 7.99. The van der Waals surface area contributed by atoms with E-state index in [-0.39, 0.29) is 18.4 Å².